The summed E-state index contributed by atoms with van der Waals surface area (Å²) in [6, 6.07) is 11.2. The summed E-state index contributed by atoms with van der Waals surface area (Å²) in [5.41, 5.74) is 0.835. The van der Waals surface area contributed by atoms with Crippen LogP contribution in [0.3, 0.4) is 0 Å². The predicted molar refractivity (Wildman–Crippen MR) is 116 cm³/mol. The molecule has 0 atom stereocenters. The van der Waals surface area contributed by atoms with Crippen molar-refractivity contribution in [3.05, 3.63) is 59.4 Å². The summed E-state index contributed by atoms with van der Waals surface area (Å²) < 4.78 is 34.1. The molecular weight excluding hydrogens is 456 g/mol. The van der Waals surface area contributed by atoms with E-state index in [0.717, 1.165) is 0 Å². The van der Waals surface area contributed by atoms with Gasteiger partial charge >= 0.3 is 0 Å². The predicted octanol–water partition coefficient (Wildman–Crippen LogP) is 1.86. The lowest BCUT2D eigenvalue weighted by atomic mass is 10.1. The van der Waals surface area contributed by atoms with Gasteiger partial charge in [-0.15, -0.1) is 5.10 Å². The van der Waals surface area contributed by atoms with E-state index in [4.69, 9.17) is 16.3 Å². The molecule has 0 saturated carbocycles. The summed E-state index contributed by atoms with van der Waals surface area (Å²) in [4.78, 5) is 15.0. The fourth-order valence-corrected chi connectivity index (χ4v) is 5.07. The summed E-state index contributed by atoms with van der Waals surface area (Å²) in [5.74, 6) is 0.345. The van der Waals surface area contributed by atoms with Crippen LogP contribution in [0.4, 0.5) is 0 Å². The van der Waals surface area contributed by atoms with Gasteiger partial charge in [-0.3, -0.25) is 4.79 Å². The highest BCUT2D eigenvalue weighted by Crippen LogP contribution is 2.24. The molecule has 1 amide bonds. The Labute approximate surface area is 190 Å². The van der Waals surface area contributed by atoms with Crippen LogP contribution in [0.15, 0.2) is 53.7 Å². The second-order valence-electron chi connectivity index (χ2n) is 7.02. The maximum atomic E-state index is 13.2. The maximum Gasteiger partial charge on any atom is 0.256 e. The molecule has 10 nitrogen and oxygen atoms in total. The first-order valence-electron chi connectivity index (χ1n) is 9.95. The number of hydrogen-bond acceptors (Lipinski definition) is 7. The van der Waals surface area contributed by atoms with E-state index in [1.165, 1.54) is 27.4 Å². The second kappa shape index (κ2) is 9.23. The topological polar surface area (TPSA) is 111 Å². The first-order valence-corrected chi connectivity index (χ1v) is 11.8. The van der Waals surface area contributed by atoms with Crippen molar-refractivity contribution >= 4 is 27.5 Å². The summed E-state index contributed by atoms with van der Waals surface area (Å²) in [6.07, 6.45) is 1.39. The maximum absolute atomic E-state index is 13.2. The number of tetrazole rings is 1. The average molecular weight is 477 g/mol. The number of ether oxygens (including phenoxy) is 1. The van der Waals surface area contributed by atoms with Gasteiger partial charge in [0.1, 0.15) is 12.1 Å². The van der Waals surface area contributed by atoms with Crippen molar-refractivity contribution in [2.45, 2.75) is 11.8 Å². The van der Waals surface area contributed by atoms with E-state index in [0.29, 0.717) is 28.6 Å². The number of rotatable bonds is 6. The highest BCUT2D eigenvalue weighted by Gasteiger charge is 2.31. The van der Waals surface area contributed by atoms with Crippen LogP contribution in [0, 0.1) is 0 Å². The molecule has 0 radical (unpaired) electrons. The Kier molecular flexibility index (Phi) is 6.40. The number of halogens is 1. The monoisotopic (exact) mass is 476 g/mol. The van der Waals surface area contributed by atoms with Crippen molar-refractivity contribution < 1.29 is 17.9 Å². The lowest BCUT2D eigenvalue weighted by Gasteiger charge is -2.34. The molecule has 1 aliphatic rings. The van der Waals surface area contributed by atoms with E-state index in [-0.39, 0.29) is 37.0 Å². The zero-order valence-electron chi connectivity index (χ0n) is 17.3. The standard InChI is InChI=1S/C20H21ClN6O4S/c1-2-31-16-4-6-17(7-5-16)32(29,30)26-11-9-25(10-12-26)20(28)18-13-15(21)3-8-19(18)27-14-22-23-24-27/h3-8,13-14H,2,9-12H2,1H3. The first-order chi connectivity index (χ1) is 15.4. The fourth-order valence-electron chi connectivity index (χ4n) is 3.48. The number of piperazine rings is 1. The van der Waals surface area contributed by atoms with E-state index < -0.39 is 10.0 Å². The molecule has 1 saturated heterocycles. The molecule has 2 aromatic carbocycles. The van der Waals surface area contributed by atoms with E-state index >= 15 is 0 Å². The number of benzene rings is 2. The summed E-state index contributed by atoms with van der Waals surface area (Å²) in [6.45, 7) is 3.22. The minimum absolute atomic E-state index is 0.183. The average Bonchev–Trinajstić information content (AvgIpc) is 3.34. The van der Waals surface area contributed by atoms with Crippen LogP contribution in [-0.2, 0) is 10.0 Å². The van der Waals surface area contributed by atoms with Gasteiger partial charge in [0.25, 0.3) is 5.91 Å². The number of carbonyl (C=O) groups is 1. The third-order valence-corrected chi connectivity index (χ3v) is 7.23. The molecule has 1 fully saturated rings. The van der Waals surface area contributed by atoms with E-state index in [1.807, 2.05) is 6.92 Å². The van der Waals surface area contributed by atoms with E-state index in [1.54, 1.807) is 35.2 Å². The molecule has 4 rings (SSSR count). The van der Waals surface area contributed by atoms with Gasteiger partial charge in [-0.1, -0.05) is 11.6 Å². The Hall–Kier alpha value is -3.02. The Balaban J connectivity index is 1.48. The van der Waals surface area contributed by atoms with Crippen molar-refractivity contribution in [2.24, 2.45) is 0 Å². The number of amides is 1. The molecule has 3 aromatic rings. The second-order valence-corrected chi connectivity index (χ2v) is 9.39. The number of hydrogen-bond donors (Lipinski definition) is 0. The lowest BCUT2D eigenvalue weighted by molar-refractivity contribution is 0.0697. The van der Waals surface area contributed by atoms with Crippen LogP contribution >= 0.6 is 11.6 Å². The van der Waals surface area contributed by atoms with Crippen LogP contribution in [-0.4, -0.2) is 76.5 Å². The van der Waals surface area contributed by atoms with Gasteiger partial charge in [0.2, 0.25) is 10.0 Å². The summed E-state index contributed by atoms with van der Waals surface area (Å²) in [7, 11) is -3.67. The van der Waals surface area contributed by atoms with Gasteiger partial charge in [-0.2, -0.15) is 8.99 Å². The Morgan fingerprint density at radius 1 is 1.09 bits per heavy atom. The molecule has 32 heavy (non-hydrogen) atoms. The van der Waals surface area contributed by atoms with E-state index in [2.05, 4.69) is 15.5 Å². The van der Waals surface area contributed by atoms with Crippen LogP contribution in [0.2, 0.25) is 5.02 Å². The quantitative estimate of drug-likeness (QED) is 0.534. The highest BCUT2D eigenvalue weighted by molar-refractivity contribution is 7.89. The zero-order valence-corrected chi connectivity index (χ0v) is 18.8. The van der Waals surface area contributed by atoms with Gasteiger partial charge in [0, 0.05) is 31.2 Å². The SMILES string of the molecule is CCOc1ccc(S(=O)(=O)N2CCN(C(=O)c3cc(Cl)ccc3-n3cnnn3)CC2)cc1. The van der Waals surface area contributed by atoms with Gasteiger partial charge in [-0.05, 0) is 59.8 Å². The molecule has 0 N–H and O–H groups in total. The number of aromatic nitrogens is 4. The van der Waals surface area contributed by atoms with Crippen molar-refractivity contribution in [3.63, 3.8) is 0 Å². The van der Waals surface area contributed by atoms with Crippen molar-refractivity contribution in [1.29, 1.82) is 0 Å². The molecule has 168 valence electrons. The zero-order chi connectivity index (χ0) is 22.7. The third kappa shape index (κ3) is 4.45. The number of nitrogens with zero attached hydrogens (tertiary/aromatic N) is 6. The molecule has 0 unspecified atom stereocenters. The van der Waals surface area contributed by atoms with Gasteiger partial charge in [0.15, 0.2) is 0 Å². The smallest absolute Gasteiger partial charge is 0.256 e. The third-order valence-electron chi connectivity index (χ3n) is 5.08. The van der Waals surface area contributed by atoms with Crippen LogP contribution < -0.4 is 4.74 Å². The molecular formula is C20H21ClN6O4S. The highest BCUT2D eigenvalue weighted by atomic mass is 35.5. The molecule has 1 aliphatic heterocycles. The fraction of sp³-hybridized carbons (Fsp3) is 0.300. The number of carbonyl (C=O) groups excluding carboxylic acids is 1. The Morgan fingerprint density at radius 2 is 1.81 bits per heavy atom. The molecule has 1 aromatic heterocycles. The lowest BCUT2D eigenvalue weighted by Crippen LogP contribution is -2.50. The summed E-state index contributed by atoms with van der Waals surface area (Å²) >= 11 is 6.11. The van der Waals surface area contributed by atoms with Gasteiger partial charge in [-0.25, -0.2) is 8.42 Å². The Morgan fingerprint density at radius 3 is 2.44 bits per heavy atom. The van der Waals surface area contributed by atoms with Gasteiger partial charge in [0.05, 0.1) is 22.8 Å². The largest absolute Gasteiger partial charge is 0.494 e. The molecule has 0 spiro atoms. The van der Waals surface area contributed by atoms with Crippen molar-refractivity contribution in [2.75, 3.05) is 32.8 Å². The van der Waals surface area contributed by atoms with Crippen molar-refractivity contribution in [3.8, 4) is 11.4 Å². The van der Waals surface area contributed by atoms with Gasteiger partial charge < -0.3 is 9.64 Å². The van der Waals surface area contributed by atoms with Crippen LogP contribution in [0.25, 0.3) is 5.69 Å². The summed E-state index contributed by atoms with van der Waals surface area (Å²) in [5, 5.41) is 11.5. The van der Waals surface area contributed by atoms with E-state index in [9.17, 15) is 13.2 Å². The Bertz CT molecular complexity index is 1190. The minimum Gasteiger partial charge on any atom is -0.494 e. The molecule has 12 heteroatoms. The molecule has 0 bridgehead atoms. The minimum atomic E-state index is -3.67. The first kappa shape index (κ1) is 22.2. The number of sulfonamides is 1. The normalized spacial score (nSPS) is 15.0. The van der Waals surface area contributed by atoms with Crippen LogP contribution in [0.5, 0.6) is 5.75 Å². The van der Waals surface area contributed by atoms with Crippen LogP contribution in [0.1, 0.15) is 17.3 Å². The molecule has 0 aliphatic carbocycles. The van der Waals surface area contributed by atoms with Crippen molar-refractivity contribution in [1.82, 2.24) is 29.4 Å². The molecule has 2 heterocycles.